The number of sulfone groups is 1. The van der Waals surface area contributed by atoms with Crippen molar-refractivity contribution in [1.29, 1.82) is 0 Å². The molecule has 3 aromatic rings. The van der Waals surface area contributed by atoms with Gasteiger partial charge in [-0.1, -0.05) is 24.3 Å². The van der Waals surface area contributed by atoms with Crippen molar-refractivity contribution in [3.8, 4) is 10.4 Å². The molecule has 1 aromatic carbocycles. The lowest BCUT2D eigenvalue weighted by molar-refractivity contribution is 0.0616. The van der Waals surface area contributed by atoms with Gasteiger partial charge < -0.3 is 4.90 Å². The molecular formula is C22H20N2O3S2. The van der Waals surface area contributed by atoms with Crippen molar-refractivity contribution in [1.82, 2.24) is 9.88 Å². The topological polar surface area (TPSA) is 67.3 Å². The highest BCUT2D eigenvalue weighted by Gasteiger charge is 2.34. The summed E-state index contributed by atoms with van der Waals surface area (Å²) in [4.78, 5) is 21.5. The van der Waals surface area contributed by atoms with Crippen LogP contribution in [0, 0.1) is 0 Å². The molecule has 2 aliphatic rings. The molecule has 1 saturated heterocycles. The summed E-state index contributed by atoms with van der Waals surface area (Å²) in [6.07, 6.45) is 6.54. The number of amides is 1. The molecule has 5 nitrogen and oxygen atoms in total. The van der Waals surface area contributed by atoms with Crippen molar-refractivity contribution >= 4 is 27.1 Å². The maximum atomic E-state index is 13.4. The van der Waals surface area contributed by atoms with E-state index in [0.717, 1.165) is 35.3 Å². The SMILES string of the molecule is O=C(c1cc2c(s1)-c1ccccc1S(=O)(=O)C2)N1CCCCC1c1cccnc1. The number of benzene rings is 1. The molecule has 1 unspecified atom stereocenters. The Kier molecular flexibility index (Phi) is 4.52. The second-order valence-electron chi connectivity index (χ2n) is 7.52. The van der Waals surface area contributed by atoms with E-state index in [9.17, 15) is 13.2 Å². The summed E-state index contributed by atoms with van der Waals surface area (Å²) in [6.45, 7) is 0.704. The minimum atomic E-state index is -3.37. The van der Waals surface area contributed by atoms with E-state index in [4.69, 9.17) is 0 Å². The first kappa shape index (κ1) is 18.5. The van der Waals surface area contributed by atoms with Gasteiger partial charge in [-0.25, -0.2) is 8.42 Å². The third-order valence-electron chi connectivity index (χ3n) is 5.66. The number of aromatic nitrogens is 1. The molecule has 4 heterocycles. The van der Waals surface area contributed by atoms with Gasteiger partial charge in [0.15, 0.2) is 9.84 Å². The lowest BCUT2D eigenvalue weighted by Gasteiger charge is -2.35. The zero-order valence-corrected chi connectivity index (χ0v) is 17.4. The molecule has 7 heteroatoms. The number of pyridine rings is 1. The zero-order chi connectivity index (χ0) is 20.0. The fraction of sp³-hybridized carbons (Fsp3) is 0.273. The Labute approximate surface area is 173 Å². The maximum absolute atomic E-state index is 13.4. The molecule has 0 N–H and O–H groups in total. The van der Waals surface area contributed by atoms with Crippen molar-refractivity contribution in [2.75, 3.05) is 6.54 Å². The third-order valence-corrected chi connectivity index (χ3v) is 8.58. The second-order valence-corrected chi connectivity index (χ2v) is 10.5. The number of fused-ring (bicyclic) bond motifs is 3. The van der Waals surface area contributed by atoms with Gasteiger partial charge in [-0.15, -0.1) is 11.3 Å². The first-order chi connectivity index (χ1) is 14.0. The lowest BCUT2D eigenvalue weighted by atomic mass is 9.96. The van der Waals surface area contributed by atoms with Crippen LogP contribution in [0.25, 0.3) is 10.4 Å². The summed E-state index contributed by atoms with van der Waals surface area (Å²) in [5.74, 6) is -0.0670. The largest absolute Gasteiger partial charge is 0.331 e. The van der Waals surface area contributed by atoms with Gasteiger partial charge in [-0.2, -0.15) is 0 Å². The molecule has 0 aliphatic carbocycles. The predicted molar refractivity (Wildman–Crippen MR) is 113 cm³/mol. The molecule has 2 aliphatic heterocycles. The van der Waals surface area contributed by atoms with Crippen molar-refractivity contribution in [2.45, 2.75) is 36.0 Å². The van der Waals surface area contributed by atoms with E-state index < -0.39 is 9.84 Å². The molecular weight excluding hydrogens is 404 g/mol. The zero-order valence-electron chi connectivity index (χ0n) is 15.7. The number of likely N-dealkylation sites (tertiary alicyclic amines) is 1. The van der Waals surface area contributed by atoms with Crippen molar-refractivity contribution in [3.63, 3.8) is 0 Å². The molecule has 1 fully saturated rings. The summed E-state index contributed by atoms with van der Waals surface area (Å²) < 4.78 is 25.3. The molecule has 2 aromatic heterocycles. The molecule has 0 bridgehead atoms. The van der Waals surface area contributed by atoms with E-state index in [1.54, 1.807) is 24.4 Å². The number of hydrogen-bond donors (Lipinski definition) is 0. The number of rotatable bonds is 2. The van der Waals surface area contributed by atoms with E-state index in [1.807, 2.05) is 35.4 Å². The van der Waals surface area contributed by atoms with Crippen LogP contribution in [0.1, 0.15) is 46.1 Å². The van der Waals surface area contributed by atoms with Gasteiger partial charge in [-0.05, 0) is 48.6 Å². The molecule has 1 atom stereocenters. The van der Waals surface area contributed by atoms with E-state index in [2.05, 4.69) is 4.98 Å². The number of hydrogen-bond acceptors (Lipinski definition) is 5. The first-order valence-corrected chi connectivity index (χ1v) is 12.2. The Hall–Kier alpha value is -2.51. The summed E-state index contributed by atoms with van der Waals surface area (Å²) in [6, 6.07) is 12.8. The van der Waals surface area contributed by atoms with Crippen LogP contribution >= 0.6 is 11.3 Å². The Morgan fingerprint density at radius 3 is 2.83 bits per heavy atom. The van der Waals surface area contributed by atoms with Gasteiger partial charge in [0, 0.05) is 29.4 Å². The van der Waals surface area contributed by atoms with Crippen LogP contribution in [0.3, 0.4) is 0 Å². The fourth-order valence-corrected chi connectivity index (χ4v) is 7.23. The monoisotopic (exact) mass is 424 g/mol. The maximum Gasteiger partial charge on any atom is 0.264 e. The van der Waals surface area contributed by atoms with E-state index in [0.29, 0.717) is 21.9 Å². The summed E-state index contributed by atoms with van der Waals surface area (Å²) in [5.41, 5.74) is 2.49. The Bertz CT molecular complexity index is 1190. The number of thiophene rings is 1. The highest BCUT2D eigenvalue weighted by molar-refractivity contribution is 7.91. The minimum absolute atomic E-state index is 0.0140. The van der Waals surface area contributed by atoms with Crippen LogP contribution in [-0.4, -0.2) is 30.8 Å². The van der Waals surface area contributed by atoms with Crippen LogP contribution in [0.4, 0.5) is 0 Å². The van der Waals surface area contributed by atoms with Gasteiger partial charge in [0.2, 0.25) is 0 Å². The van der Waals surface area contributed by atoms with Gasteiger partial charge in [0.1, 0.15) is 0 Å². The molecule has 5 rings (SSSR count). The van der Waals surface area contributed by atoms with Gasteiger partial charge in [-0.3, -0.25) is 9.78 Å². The molecule has 0 spiro atoms. The number of piperidine rings is 1. The van der Waals surface area contributed by atoms with Crippen LogP contribution in [0.2, 0.25) is 0 Å². The van der Waals surface area contributed by atoms with Crippen LogP contribution in [0.5, 0.6) is 0 Å². The van der Waals surface area contributed by atoms with Gasteiger partial charge in [0.25, 0.3) is 5.91 Å². The molecule has 0 radical (unpaired) electrons. The van der Waals surface area contributed by atoms with E-state index in [1.165, 1.54) is 11.3 Å². The lowest BCUT2D eigenvalue weighted by Crippen LogP contribution is -2.38. The van der Waals surface area contributed by atoms with Gasteiger partial charge in [0.05, 0.1) is 21.6 Å². The average molecular weight is 425 g/mol. The normalized spacial score (nSPS) is 20.0. The van der Waals surface area contributed by atoms with Crippen LogP contribution in [0.15, 0.2) is 59.8 Å². The van der Waals surface area contributed by atoms with Crippen molar-refractivity contribution < 1.29 is 13.2 Å². The van der Waals surface area contributed by atoms with Gasteiger partial charge >= 0.3 is 0 Å². The predicted octanol–water partition coefficient (Wildman–Crippen LogP) is 4.46. The van der Waals surface area contributed by atoms with Crippen LogP contribution < -0.4 is 0 Å². The van der Waals surface area contributed by atoms with Crippen LogP contribution in [-0.2, 0) is 15.6 Å². The summed E-state index contributed by atoms with van der Waals surface area (Å²) >= 11 is 1.41. The quantitative estimate of drug-likeness (QED) is 0.609. The standard InChI is InChI=1S/C22H20N2O3S2/c25-22(24-11-4-3-8-18(24)15-6-5-10-23-13-15)19-12-16-14-29(26,27)20-9-2-1-7-17(20)21(16)28-19/h1-2,5-7,9-10,12-13,18H,3-4,8,11,14H2. The Balaban J connectivity index is 1.53. The van der Waals surface area contributed by atoms with E-state index >= 15 is 0 Å². The molecule has 29 heavy (non-hydrogen) atoms. The fourth-order valence-electron chi connectivity index (χ4n) is 4.31. The smallest absolute Gasteiger partial charge is 0.264 e. The van der Waals surface area contributed by atoms with Crippen molar-refractivity contribution in [3.05, 3.63) is 70.9 Å². The van der Waals surface area contributed by atoms with Crippen molar-refractivity contribution in [2.24, 2.45) is 0 Å². The molecule has 148 valence electrons. The highest BCUT2D eigenvalue weighted by Crippen LogP contribution is 2.43. The Morgan fingerprint density at radius 2 is 2.00 bits per heavy atom. The number of carbonyl (C=O) groups excluding carboxylic acids is 1. The first-order valence-electron chi connectivity index (χ1n) is 9.70. The van der Waals surface area contributed by atoms with E-state index in [-0.39, 0.29) is 17.7 Å². The Morgan fingerprint density at radius 1 is 1.14 bits per heavy atom. The highest BCUT2D eigenvalue weighted by atomic mass is 32.2. The molecule has 1 amide bonds. The summed E-state index contributed by atoms with van der Waals surface area (Å²) in [7, 11) is -3.37. The average Bonchev–Trinajstić information content (AvgIpc) is 3.17. The number of carbonyl (C=O) groups is 1. The number of nitrogens with zero attached hydrogens (tertiary/aromatic N) is 2. The summed E-state index contributed by atoms with van der Waals surface area (Å²) in [5, 5.41) is 0. The molecule has 0 saturated carbocycles. The second kappa shape index (κ2) is 7.07. The third kappa shape index (κ3) is 3.18. The minimum Gasteiger partial charge on any atom is -0.331 e.